The predicted octanol–water partition coefficient (Wildman–Crippen LogP) is 3.61. The molecule has 0 aliphatic rings. The molecule has 0 radical (unpaired) electrons. The molecular weight excluding hydrogens is 280 g/mol. The van der Waals surface area contributed by atoms with E-state index >= 15 is 0 Å². The lowest BCUT2D eigenvalue weighted by molar-refractivity contribution is -0.128. The van der Waals surface area contributed by atoms with Crippen molar-refractivity contribution in [2.75, 3.05) is 5.43 Å². The summed E-state index contributed by atoms with van der Waals surface area (Å²) in [6.45, 7) is 0. The van der Waals surface area contributed by atoms with Gasteiger partial charge in [-0.3, -0.25) is 5.43 Å². The molecule has 2 aromatic carbocycles. The highest BCUT2D eigenvalue weighted by Crippen LogP contribution is 2.25. The molecule has 0 aliphatic carbocycles. The quantitative estimate of drug-likeness (QED) is 0.652. The Labute approximate surface area is 120 Å². The summed E-state index contributed by atoms with van der Waals surface area (Å²) in [5.41, 5.74) is 3.24. The Morgan fingerprint density at radius 1 is 1.20 bits per heavy atom. The molecule has 2 aromatic rings. The molecule has 0 aromatic heterocycles. The Bertz CT molecular complexity index is 627. The topological polar surface area (TPSA) is 70.9 Å². The van der Waals surface area contributed by atoms with Gasteiger partial charge < -0.3 is 9.84 Å². The van der Waals surface area contributed by atoms with E-state index in [0.29, 0.717) is 22.2 Å². The number of carboxylic acids is 1. The van der Waals surface area contributed by atoms with Crippen LogP contribution in [0.4, 0.5) is 5.69 Å². The molecule has 102 valence electrons. The van der Waals surface area contributed by atoms with Gasteiger partial charge in [0.15, 0.2) is 0 Å². The highest BCUT2D eigenvalue weighted by molar-refractivity contribution is 6.30. The Balaban J connectivity index is 1.99. The van der Waals surface area contributed by atoms with Crippen LogP contribution in [0.15, 0.2) is 53.6 Å². The second-order valence-corrected chi connectivity index (χ2v) is 4.23. The zero-order valence-corrected chi connectivity index (χ0v) is 11.0. The number of halogens is 1. The number of carboxylic acid groups (broad SMARTS) is 1. The van der Waals surface area contributed by atoms with E-state index in [1.165, 1.54) is 0 Å². The third-order valence-corrected chi connectivity index (χ3v) is 2.49. The second-order valence-electron chi connectivity index (χ2n) is 3.79. The van der Waals surface area contributed by atoms with Crippen molar-refractivity contribution in [3.05, 3.63) is 53.6 Å². The molecule has 0 atom stereocenters. The number of hydrogen-bond donors (Lipinski definition) is 2. The lowest BCUT2D eigenvalue weighted by Gasteiger charge is -2.06. The van der Waals surface area contributed by atoms with Crippen LogP contribution in [-0.2, 0) is 4.79 Å². The minimum Gasteiger partial charge on any atom is -0.477 e. The van der Waals surface area contributed by atoms with Crippen LogP contribution in [0.1, 0.15) is 0 Å². The zero-order chi connectivity index (χ0) is 14.4. The third kappa shape index (κ3) is 4.29. The summed E-state index contributed by atoms with van der Waals surface area (Å²) in [4.78, 5) is 10.3. The van der Waals surface area contributed by atoms with Gasteiger partial charge in [0.2, 0.25) is 0 Å². The van der Waals surface area contributed by atoms with E-state index < -0.39 is 5.97 Å². The normalized spacial score (nSPS) is 10.4. The smallest absolute Gasteiger partial charge is 0.348 e. The molecule has 0 unspecified atom stereocenters. The first-order valence-corrected chi connectivity index (χ1v) is 6.07. The van der Waals surface area contributed by atoms with Crippen molar-refractivity contribution >= 4 is 29.5 Å². The van der Waals surface area contributed by atoms with Gasteiger partial charge in [0.25, 0.3) is 0 Å². The largest absolute Gasteiger partial charge is 0.477 e. The second kappa shape index (κ2) is 6.58. The average molecular weight is 291 g/mol. The van der Waals surface area contributed by atoms with Gasteiger partial charge in [-0.15, -0.1) is 0 Å². The molecule has 5 nitrogen and oxygen atoms in total. The van der Waals surface area contributed by atoms with Crippen LogP contribution in [0, 0.1) is 0 Å². The summed E-state index contributed by atoms with van der Waals surface area (Å²) in [6.07, 6.45) is 0.774. The molecule has 0 bridgehead atoms. The minimum atomic E-state index is -1.11. The first-order valence-electron chi connectivity index (χ1n) is 5.69. The summed E-state index contributed by atoms with van der Waals surface area (Å²) in [5, 5.41) is 12.5. The van der Waals surface area contributed by atoms with Crippen LogP contribution in [0.3, 0.4) is 0 Å². The van der Waals surface area contributed by atoms with E-state index in [-0.39, 0.29) is 0 Å². The molecule has 0 saturated carbocycles. The molecule has 0 fully saturated rings. The van der Waals surface area contributed by atoms with Crippen molar-refractivity contribution in [2.24, 2.45) is 5.10 Å². The van der Waals surface area contributed by atoms with Crippen molar-refractivity contribution in [1.29, 1.82) is 0 Å². The van der Waals surface area contributed by atoms with Gasteiger partial charge >= 0.3 is 5.97 Å². The molecule has 20 heavy (non-hydrogen) atoms. The Kier molecular flexibility index (Phi) is 4.57. The van der Waals surface area contributed by atoms with Gasteiger partial charge in [0, 0.05) is 5.02 Å². The number of carbonyl (C=O) groups is 1. The maximum absolute atomic E-state index is 10.3. The Morgan fingerprint density at radius 2 is 1.95 bits per heavy atom. The highest BCUT2D eigenvalue weighted by Gasteiger charge is 1.98. The van der Waals surface area contributed by atoms with Crippen LogP contribution < -0.4 is 10.2 Å². The minimum absolute atomic E-state index is 0.601. The summed E-state index contributed by atoms with van der Waals surface area (Å²) in [5.74, 6) is 0.167. The number of rotatable bonds is 5. The summed E-state index contributed by atoms with van der Waals surface area (Å²) in [7, 11) is 0. The fraction of sp³-hybridized carbons (Fsp3) is 0. The first kappa shape index (κ1) is 13.9. The molecule has 0 spiro atoms. The molecular formula is C14H11ClN2O3. The summed E-state index contributed by atoms with van der Waals surface area (Å²) >= 11 is 5.87. The predicted molar refractivity (Wildman–Crippen MR) is 77.7 cm³/mol. The van der Waals surface area contributed by atoms with Crippen LogP contribution in [0.25, 0.3) is 0 Å². The lowest BCUT2D eigenvalue weighted by Crippen LogP contribution is -1.98. The standard InChI is InChI=1S/C14H11ClN2O3/c15-10-2-1-3-13(8-10)20-12-6-4-11(5-7-12)17-16-9-14(18)19/h1-9,17H,(H,18,19). The SMILES string of the molecule is O=C(O)C=NNc1ccc(Oc2cccc(Cl)c2)cc1. The number of anilines is 1. The third-order valence-electron chi connectivity index (χ3n) is 2.25. The van der Waals surface area contributed by atoms with Crippen molar-refractivity contribution in [3.8, 4) is 11.5 Å². The van der Waals surface area contributed by atoms with Crippen LogP contribution in [-0.4, -0.2) is 17.3 Å². The van der Waals surface area contributed by atoms with E-state index in [0.717, 1.165) is 6.21 Å². The molecule has 0 amide bonds. The maximum atomic E-state index is 10.3. The number of ether oxygens (including phenoxy) is 1. The van der Waals surface area contributed by atoms with Crippen LogP contribution >= 0.6 is 11.6 Å². The molecule has 0 saturated heterocycles. The number of aliphatic carboxylic acids is 1. The summed E-state index contributed by atoms with van der Waals surface area (Å²) in [6, 6.07) is 14.0. The van der Waals surface area contributed by atoms with Gasteiger partial charge in [0.05, 0.1) is 5.69 Å². The van der Waals surface area contributed by atoms with Gasteiger partial charge in [-0.25, -0.2) is 4.79 Å². The van der Waals surface area contributed by atoms with E-state index in [1.54, 1.807) is 48.5 Å². The van der Waals surface area contributed by atoms with Gasteiger partial charge in [-0.05, 0) is 42.5 Å². The van der Waals surface area contributed by atoms with Crippen LogP contribution in [0.2, 0.25) is 5.02 Å². The van der Waals surface area contributed by atoms with Gasteiger partial charge in [-0.1, -0.05) is 17.7 Å². The first-order chi connectivity index (χ1) is 9.63. The van der Waals surface area contributed by atoms with E-state index in [2.05, 4.69) is 10.5 Å². The number of hydrogen-bond acceptors (Lipinski definition) is 4. The molecule has 2 rings (SSSR count). The fourth-order valence-corrected chi connectivity index (χ4v) is 1.61. The van der Waals surface area contributed by atoms with Crippen molar-refractivity contribution in [3.63, 3.8) is 0 Å². The molecule has 0 aliphatic heterocycles. The average Bonchev–Trinajstić information content (AvgIpc) is 2.40. The highest BCUT2D eigenvalue weighted by atomic mass is 35.5. The summed E-state index contributed by atoms with van der Waals surface area (Å²) < 4.78 is 5.61. The Morgan fingerprint density at radius 3 is 2.60 bits per heavy atom. The van der Waals surface area contributed by atoms with Crippen LogP contribution in [0.5, 0.6) is 11.5 Å². The molecule has 0 heterocycles. The maximum Gasteiger partial charge on any atom is 0.348 e. The molecule has 2 N–H and O–H groups in total. The number of benzene rings is 2. The zero-order valence-electron chi connectivity index (χ0n) is 10.3. The number of nitrogens with one attached hydrogen (secondary N) is 1. The monoisotopic (exact) mass is 290 g/mol. The lowest BCUT2D eigenvalue weighted by atomic mass is 10.3. The van der Waals surface area contributed by atoms with Crippen molar-refractivity contribution in [1.82, 2.24) is 0 Å². The number of hydrazone groups is 1. The van der Waals surface area contributed by atoms with E-state index in [1.807, 2.05) is 0 Å². The fourth-order valence-electron chi connectivity index (χ4n) is 1.43. The van der Waals surface area contributed by atoms with E-state index in [9.17, 15) is 4.79 Å². The number of nitrogens with zero attached hydrogens (tertiary/aromatic N) is 1. The Hall–Kier alpha value is -2.53. The van der Waals surface area contributed by atoms with E-state index in [4.69, 9.17) is 21.4 Å². The van der Waals surface area contributed by atoms with Crippen molar-refractivity contribution < 1.29 is 14.6 Å². The van der Waals surface area contributed by atoms with Gasteiger partial charge in [-0.2, -0.15) is 5.10 Å². The van der Waals surface area contributed by atoms with Crippen molar-refractivity contribution in [2.45, 2.75) is 0 Å². The van der Waals surface area contributed by atoms with Gasteiger partial charge in [0.1, 0.15) is 17.7 Å². The molecule has 6 heteroatoms.